The number of hydrogen-bond acceptors (Lipinski definition) is 2. The molecule has 2 aromatic carbocycles. The highest BCUT2D eigenvalue weighted by atomic mass is 35.5. The predicted octanol–water partition coefficient (Wildman–Crippen LogP) is 3.37. The molecule has 0 spiro atoms. The molecule has 0 bridgehead atoms. The molecule has 0 aliphatic rings. The standard InChI is InChI=1S/C14H13ClF2N2/c15-10-3-1-2-9(6-10)7-14(19-18)12-8-11(16)4-5-13(12)17/h1-6,8,14,19H,7,18H2. The molecule has 1 unspecified atom stereocenters. The molecule has 1 atom stereocenters. The minimum Gasteiger partial charge on any atom is -0.271 e. The summed E-state index contributed by atoms with van der Waals surface area (Å²) >= 11 is 5.89. The van der Waals surface area contributed by atoms with Gasteiger partial charge in [-0.1, -0.05) is 23.7 Å². The summed E-state index contributed by atoms with van der Waals surface area (Å²) in [6.07, 6.45) is 0.414. The minimum atomic E-state index is -0.519. The molecule has 0 saturated heterocycles. The summed E-state index contributed by atoms with van der Waals surface area (Å²) in [6, 6.07) is 9.96. The third kappa shape index (κ3) is 3.50. The molecule has 19 heavy (non-hydrogen) atoms. The van der Waals surface area contributed by atoms with E-state index >= 15 is 0 Å². The van der Waals surface area contributed by atoms with E-state index in [1.165, 1.54) is 0 Å². The number of benzene rings is 2. The zero-order valence-corrected chi connectivity index (χ0v) is 10.8. The van der Waals surface area contributed by atoms with Crippen molar-refractivity contribution >= 4 is 11.6 Å². The van der Waals surface area contributed by atoms with Crippen LogP contribution >= 0.6 is 11.6 Å². The summed E-state index contributed by atoms with van der Waals surface area (Å²) < 4.78 is 26.9. The summed E-state index contributed by atoms with van der Waals surface area (Å²) in [5.74, 6) is 4.45. The summed E-state index contributed by atoms with van der Waals surface area (Å²) in [5, 5.41) is 0.591. The molecular formula is C14H13ClF2N2. The zero-order valence-electron chi connectivity index (χ0n) is 10.0. The molecule has 0 fully saturated rings. The topological polar surface area (TPSA) is 38.0 Å². The molecule has 5 heteroatoms. The Balaban J connectivity index is 2.27. The van der Waals surface area contributed by atoms with Crippen LogP contribution in [0.4, 0.5) is 8.78 Å². The number of halogens is 3. The predicted molar refractivity (Wildman–Crippen MR) is 71.6 cm³/mol. The van der Waals surface area contributed by atoms with Crippen molar-refractivity contribution in [3.05, 3.63) is 70.2 Å². The van der Waals surface area contributed by atoms with E-state index in [2.05, 4.69) is 5.43 Å². The van der Waals surface area contributed by atoms with Crippen molar-refractivity contribution in [1.29, 1.82) is 0 Å². The zero-order chi connectivity index (χ0) is 13.8. The highest BCUT2D eigenvalue weighted by molar-refractivity contribution is 6.30. The second-order valence-electron chi connectivity index (χ2n) is 4.22. The van der Waals surface area contributed by atoms with Crippen LogP contribution in [0.1, 0.15) is 17.2 Å². The Morgan fingerprint density at radius 1 is 1.16 bits per heavy atom. The Hall–Kier alpha value is -1.49. The van der Waals surface area contributed by atoms with Crippen LogP contribution in [0.15, 0.2) is 42.5 Å². The van der Waals surface area contributed by atoms with E-state index in [1.807, 2.05) is 6.07 Å². The van der Waals surface area contributed by atoms with Crippen LogP contribution in [0, 0.1) is 11.6 Å². The molecule has 0 saturated carbocycles. The Kier molecular flexibility index (Phi) is 4.47. The lowest BCUT2D eigenvalue weighted by atomic mass is 9.99. The van der Waals surface area contributed by atoms with Gasteiger partial charge in [-0.15, -0.1) is 0 Å². The molecule has 2 nitrogen and oxygen atoms in total. The fraction of sp³-hybridized carbons (Fsp3) is 0.143. The molecule has 0 aliphatic carbocycles. The second kappa shape index (κ2) is 6.10. The summed E-state index contributed by atoms with van der Waals surface area (Å²) in [6.45, 7) is 0. The number of nitrogens with two attached hydrogens (primary N) is 1. The van der Waals surface area contributed by atoms with Crippen molar-refractivity contribution in [3.8, 4) is 0 Å². The Bertz CT molecular complexity index is 575. The van der Waals surface area contributed by atoms with E-state index in [0.29, 0.717) is 11.4 Å². The summed E-state index contributed by atoms with van der Waals surface area (Å²) in [7, 11) is 0. The maximum Gasteiger partial charge on any atom is 0.128 e. The first-order valence-corrected chi connectivity index (χ1v) is 6.13. The van der Waals surface area contributed by atoms with Crippen molar-refractivity contribution in [3.63, 3.8) is 0 Å². The molecule has 0 radical (unpaired) electrons. The van der Waals surface area contributed by atoms with Gasteiger partial charge >= 0.3 is 0 Å². The largest absolute Gasteiger partial charge is 0.271 e. The number of hydrazine groups is 1. The smallest absolute Gasteiger partial charge is 0.128 e. The van der Waals surface area contributed by atoms with Crippen LogP contribution in [0.25, 0.3) is 0 Å². The van der Waals surface area contributed by atoms with Crippen LogP contribution < -0.4 is 11.3 Å². The van der Waals surface area contributed by atoms with E-state index in [1.54, 1.807) is 18.2 Å². The monoisotopic (exact) mass is 282 g/mol. The molecule has 2 aromatic rings. The van der Waals surface area contributed by atoms with Gasteiger partial charge in [-0.25, -0.2) is 8.78 Å². The van der Waals surface area contributed by atoms with Gasteiger partial charge < -0.3 is 0 Å². The van der Waals surface area contributed by atoms with Gasteiger partial charge in [0.2, 0.25) is 0 Å². The molecular weight excluding hydrogens is 270 g/mol. The van der Waals surface area contributed by atoms with Gasteiger partial charge in [0.05, 0.1) is 6.04 Å². The lowest BCUT2D eigenvalue weighted by Gasteiger charge is -2.17. The number of rotatable bonds is 4. The van der Waals surface area contributed by atoms with Gasteiger partial charge in [-0.05, 0) is 42.3 Å². The third-order valence-electron chi connectivity index (χ3n) is 2.86. The van der Waals surface area contributed by atoms with Crippen LogP contribution in [0.2, 0.25) is 5.02 Å². The molecule has 3 N–H and O–H groups in total. The number of nitrogens with one attached hydrogen (secondary N) is 1. The lowest BCUT2D eigenvalue weighted by molar-refractivity contribution is 0.502. The van der Waals surface area contributed by atoms with E-state index in [9.17, 15) is 8.78 Å². The van der Waals surface area contributed by atoms with Gasteiger partial charge in [-0.2, -0.15) is 0 Å². The van der Waals surface area contributed by atoms with Crippen molar-refractivity contribution < 1.29 is 8.78 Å². The fourth-order valence-corrected chi connectivity index (χ4v) is 2.15. The van der Waals surface area contributed by atoms with E-state index in [0.717, 1.165) is 23.8 Å². The average molecular weight is 283 g/mol. The van der Waals surface area contributed by atoms with Gasteiger partial charge in [0, 0.05) is 10.6 Å². The molecule has 0 heterocycles. The molecule has 100 valence electrons. The van der Waals surface area contributed by atoms with Crippen molar-refractivity contribution in [2.45, 2.75) is 12.5 Å². The Labute approximate surface area is 115 Å². The highest BCUT2D eigenvalue weighted by Gasteiger charge is 2.16. The third-order valence-corrected chi connectivity index (χ3v) is 3.10. The Morgan fingerprint density at radius 2 is 1.95 bits per heavy atom. The fourth-order valence-electron chi connectivity index (χ4n) is 1.94. The first kappa shape index (κ1) is 13.9. The molecule has 0 amide bonds. The van der Waals surface area contributed by atoms with Crippen molar-refractivity contribution in [2.75, 3.05) is 0 Å². The van der Waals surface area contributed by atoms with Gasteiger partial charge in [0.15, 0.2) is 0 Å². The minimum absolute atomic E-state index is 0.197. The quantitative estimate of drug-likeness (QED) is 0.666. The summed E-state index contributed by atoms with van der Waals surface area (Å²) in [5.41, 5.74) is 3.59. The number of hydrogen-bond donors (Lipinski definition) is 2. The van der Waals surface area contributed by atoms with Crippen molar-refractivity contribution in [2.24, 2.45) is 5.84 Å². The SMILES string of the molecule is NNC(Cc1cccc(Cl)c1)c1cc(F)ccc1F. The first-order chi connectivity index (χ1) is 9.10. The highest BCUT2D eigenvalue weighted by Crippen LogP contribution is 2.23. The van der Waals surface area contributed by atoms with E-state index in [4.69, 9.17) is 17.4 Å². The van der Waals surface area contributed by atoms with Gasteiger partial charge in [0.25, 0.3) is 0 Å². The van der Waals surface area contributed by atoms with Crippen LogP contribution in [0.3, 0.4) is 0 Å². The first-order valence-electron chi connectivity index (χ1n) is 5.75. The summed E-state index contributed by atoms with van der Waals surface area (Å²) in [4.78, 5) is 0. The average Bonchev–Trinajstić information content (AvgIpc) is 2.39. The lowest BCUT2D eigenvalue weighted by Crippen LogP contribution is -2.30. The van der Waals surface area contributed by atoms with E-state index < -0.39 is 17.7 Å². The Morgan fingerprint density at radius 3 is 2.63 bits per heavy atom. The van der Waals surface area contributed by atoms with Crippen LogP contribution in [0.5, 0.6) is 0 Å². The van der Waals surface area contributed by atoms with Gasteiger partial charge in [-0.3, -0.25) is 11.3 Å². The molecule has 0 aliphatic heterocycles. The molecule has 0 aromatic heterocycles. The van der Waals surface area contributed by atoms with Crippen LogP contribution in [-0.4, -0.2) is 0 Å². The second-order valence-corrected chi connectivity index (χ2v) is 4.66. The normalized spacial score (nSPS) is 12.4. The van der Waals surface area contributed by atoms with Gasteiger partial charge in [0.1, 0.15) is 11.6 Å². The molecule has 2 rings (SSSR count). The van der Waals surface area contributed by atoms with E-state index in [-0.39, 0.29) is 5.56 Å². The van der Waals surface area contributed by atoms with Crippen molar-refractivity contribution in [1.82, 2.24) is 5.43 Å². The maximum atomic E-state index is 13.7. The van der Waals surface area contributed by atoms with Crippen LogP contribution in [-0.2, 0) is 6.42 Å². The maximum absolute atomic E-state index is 13.7.